The van der Waals surface area contributed by atoms with Gasteiger partial charge in [-0.05, 0) is 149 Å². The quantitative estimate of drug-likeness (QED) is 0.0862. The first kappa shape index (κ1) is 62.5. The highest BCUT2D eigenvalue weighted by molar-refractivity contribution is 6.32. The number of phenolic OH excluding ortho intramolecular Hbond substituents is 6. The van der Waals surface area contributed by atoms with Crippen LogP contribution in [-0.4, -0.2) is 102 Å². The number of ether oxygens (including phenoxy) is 3. The molecule has 7 aromatic rings. The van der Waals surface area contributed by atoms with Gasteiger partial charge in [-0.3, -0.25) is 33.6 Å². The van der Waals surface area contributed by atoms with Gasteiger partial charge in [0.25, 0.3) is 0 Å². The molecule has 16 N–H and O–H groups in total. The topological polar surface area (TPSA) is 399 Å². The summed E-state index contributed by atoms with van der Waals surface area (Å²) in [5.74, 6) is -12.8. The second kappa shape index (κ2) is 25.0. The van der Waals surface area contributed by atoms with Crippen LogP contribution in [0.25, 0.3) is 11.1 Å². The number of nitrogens with two attached hydrogens (primary N) is 1. The number of aromatic hydroxyl groups is 6. The third-order valence-corrected chi connectivity index (χ3v) is 18.7. The molecule has 7 heterocycles. The first-order valence-electron chi connectivity index (χ1n) is 30.1. The molecule has 25 nitrogen and oxygen atoms in total. The van der Waals surface area contributed by atoms with Gasteiger partial charge in [0.2, 0.25) is 41.2 Å². The Morgan fingerprint density at radius 3 is 1.85 bits per heavy atom. The van der Waals surface area contributed by atoms with Crippen LogP contribution in [0.2, 0.25) is 10.0 Å². The standard InChI is InChI=1S/C67H60Cl2N8O17/c68-40-15-27-5-11-46(40)93-49-22-33-23-50(60(49)84)94-47-12-8-31(20-41(47)69)59(83)58-67(91)76-57(61(85)56-37-4-2-1-3-28(37)13-14-71-56)39-25-35(79)26-45(82)51(39)38-19-30(7-9-43(38)80)53(64(88)77-58)74-66(90)55(33)75-65(89)54-32-17-34(78)24-36(18-32)92-48-21-29(6-10-44(48)81)52(70)63(87)72-42(16-27)62(86)73-54/h5-12,15,17-26,28,37,42,52-59,71,78-84H,1-4,13-14,16,70H2,(H,72,87)(H,73,86)(H,74,90)(H,75,89)(H,76,91)(H,77,88)/t28?,37?,42-,52+,53-,54+,55-,56?,57+,58+,59-/m1/s1. The van der Waals surface area contributed by atoms with Crippen molar-refractivity contribution in [2.75, 3.05) is 6.54 Å². The number of ketones is 1. The molecular formula is C67H60Cl2N8O17. The van der Waals surface area contributed by atoms with E-state index in [2.05, 4.69) is 37.2 Å². The summed E-state index contributed by atoms with van der Waals surface area (Å²) in [5, 5.41) is 101. The highest BCUT2D eigenvalue weighted by Gasteiger charge is 2.46. The summed E-state index contributed by atoms with van der Waals surface area (Å²) in [4.78, 5) is 107. The summed E-state index contributed by atoms with van der Waals surface area (Å²) in [7, 11) is 0. The van der Waals surface area contributed by atoms with Gasteiger partial charge in [0.1, 0.15) is 88.6 Å². The maximum Gasteiger partial charge on any atom is 0.248 e. The van der Waals surface area contributed by atoms with Crippen LogP contribution in [0.3, 0.4) is 0 Å². The van der Waals surface area contributed by atoms with Gasteiger partial charge in [0, 0.05) is 29.7 Å². The second-order valence-electron chi connectivity index (χ2n) is 24.1. The number of rotatable bonds is 2. The molecule has 0 spiro atoms. The number of fused-ring (bicyclic) bond motifs is 15. The molecule has 27 heteroatoms. The predicted octanol–water partition coefficient (Wildman–Crippen LogP) is 6.64. The Hall–Kier alpha value is -10.3. The number of carbonyl (C=O) groups excluding carboxylic acids is 7. The summed E-state index contributed by atoms with van der Waals surface area (Å²) < 4.78 is 18.6. The number of halogens is 2. The lowest BCUT2D eigenvalue weighted by Gasteiger charge is -2.42. The molecule has 3 unspecified atom stereocenters. The zero-order valence-corrected chi connectivity index (χ0v) is 50.8. The monoisotopic (exact) mass is 1320 g/mol. The molecule has 1 saturated carbocycles. The molecule has 7 aromatic carbocycles. The molecule has 6 amide bonds. The minimum Gasteiger partial charge on any atom is -0.508 e. The van der Waals surface area contributed by atoms with Crippen molar-refractivity contribution in [2.24, 2.45) is 17.6 Å². The van der Waals surface area contributed by atoms with Crippen LogP contribution in [-0.2, 0) is 40.0 Å². The molecule has 11 atom stereocenters. The van der Waals surface area contributed by atoms with E-state index in [1.165, 1.54) is 72.8 Å². The molecule has 17 bridgehead atoms. The Kier molecular flexibility index (Phi) is 16.6. The zero-order chi connectivity index (χ0) is 66.1. The average Bonchev–Trinajstić information content (AvgIpc) is 0.861. The molecule has 1 saturated heterocycles. The van der Waals surface area contributed by atoms with Crippen LogP contribution in [0.4, 0.5) is 0 Å². The maximum atomic E-state index is 15.9. The lowest BCUT2D eigenvalue weighted by atomic mass is 9.69. The molecule has 8 aliphatic rings. The van der Waals surface area contributed by atoms with E-state index in [1.807, 2.05) is 0 Å². The van der Waals surface area contributed by atoms with E-state index in [1.54, 1.807) is 0 Å². The van der Waals surface area contributed by atoms with E-state index in [-0.39, 0.29) is 95.8 Å². The van der Waals surface area contributed by atoms with Crippen molar-refractivity contribution >= 4 is 64.4 Å². The Morgan fingerprint density at radius 2 is 1.13 bits per heavy atom. The normalized spacial score (nSPS) is 25.1. The first-order valence-corrected chi connectivity index (χ1v) is 30.9. The summed E-state index contributed by atoms with van der Waals surface area (Å²) in [5.41, 5.74) is 5.33. The fourth-order valence-electron chi connectivity index (χ4n) is 13.4. The Morgan fingerprint density at radius 1 is 0.511 bits per heavy atom. The number of hydrogen-bond donors (Lipinski definition) is 15. The van der Waals surface area contributed by atoms with E-state index in [9.17, 15) is 40.5 Å². The Labute approximate surface area is 544 Å². The number of phenols is 6. The zero-order valence-electron chi connectivity index (χ0n) is 49.3. The van der Waals surface area contributed by atoms with Gasteiger partial charge in [-0.15, -0.1) is 0 Å². The van der Waals surface area contributed by atoms with Crippen molar-refractivity contribution in [3.63, 3.8) is 0 Å². The van der Waals surface area contributed by atoms with Gasteiger partial charge in [-0.2, -0.15) is 0 Å². The number of piperidine rings is 1. The van der Waals surface area contributed by atoms with E-state index in [0.29, 0.717) is 18.5 Å². The van der Waals surface area contributed by atoms with Crippen molar-refractivity contribution in [2.45, 2.75) is 93.0 Å². The smallest absolute Gasteiger partial charge is 0.248 e. The number of benzene rings is 7. The third-order valence-electron chi connectivity index (χ3n) is 18.1. The molecular weight excluding hydrogens is 1260 g/mol. The largest absolute Gasteiger partial charge is 0.508 e. The molecule has 1 aliphatic carbocycles. The van der Waals surface area contributed by atoms with Crippen molar-refractivity contribution in [1.29, 1.82) is 0 Å². The third kappa shape index (κ3) is 12.0. The lowest BCUT2D eigenvalue weighted by Crippen LogP contribution is -2.58. The molecule has 0 aromatic heterocycles. The van der Waals surface area contributed by atoms with Gasteiger partial charge >= 0.3 is 0 Å². The molecule has 15 rings (SSSR count). The second-order valence-corrected chi connectivity index (χ2v) is 24.9. The molecule has 2 fully saturated rings. The molecule has 7 aliphatic heterocycles. The van der Waals surface area contributed by atoms with Crippen LogP contribution in [0.1, 0.15) is 107 Å². The van der Waals surface area contributed by atoms with Gasteiger partial charge in [-0.1, -0.05) is 66.7 Å². The van der Waals surface area contributed by atoms with Gasteiger partial charge in [0.15, 0.2) is 28.8 Å². The van der Waals surface area contributed by atoms with E-state index >= 15 is 28.8 Å². The molecule has 0 radical (unpaired) electrons. The number of carbonyl (C=O) groups is 7. The van der Waals surface area contributed by atoms with Crippen LogP contribution in [0.5, 0.6) is 69.0 Å². The number of Topliss-reactive ketones (excluding diaryl/α,β-unsaturated/α-hetero) is 1. The number of nitrogens with one attached hydrogen (secondary N) is 7. The minimum absolute atomic E-state index is 0.111. The van der Waals surface area contributed by atoms with E-state index < -0.39 is 142 Å². The highest BCUT2D eigenvalue weighted by atomic mass is 35.5. The van der Waals surface area contributed by atoms with E-state index in [4.69, 9.17) is 43.1 Å². The van der Waals surface area contributed by atoms with Crippen molar-refractivity contribution in [3.8, 4) is 80.1 Å². The number of amides is 6. The van der Waals surface area contributed by atoms with Crippen LogP contribution in [0.15, 0.2) is 115 Å². The van der Waals surface area contributed by atoms with Crippen LogP contribution in [0, 0.1) is 11.8 Å². The highest BCUT2D eigenvalue weighted by Crippen LogP contribution is 2.49. The SMILES string of the molecule is N[C@@H]1C(=O)N[C@@H]2Cc3ccc(c(Cl)c3)Oc3cc4cc(c3O)Oc3ccc(cc3Cl)[C@@H](O)[C@@H]3NC(=O)[C@H](NC(=O)[C@@H]4NC(=O)[C@@H](NC2=O)c2cc(O)cc(c2)Oc2cc1ccc2O)c1ccc(O)c(c1)-c1c(O)cc(O)cc1[C@@H](C(=O)C1NCCC2CCCCC21)NC3=O. The van der Waals surface area contributed by atoms with Gasteiger partial charge in [-0.25, -0.2) is 0 Å². The van der Waals surface area contributed by atoms with Gasteiger partial charge < -0.3 is 92.9 Å². The minimum atomic E-state index is -2.15. The Balaban J connectivity index is 1.01. The van der Waals surface area contributed by atoms with Crippen molar-refractivity contribution in [1.82, 2.24) is 37.2 Å². The molecule has 94 heavy (non-hydrogen) atoms. The molecule has 484 valence electrons. The fraction of sp³-hybridized carbons (Fsp3) is 0.269. The first-order chi connectivity index (χ1) is 45.0. The van der Waals surface area contributed by atoms with Crippen molar-refractivity contribution < 1.29 is 83.5 Å². The summed E-state index contributed by atoms with van der Waals surface area (Å²) in [6.07, 6.45) is 1.68. The number of aliphatic hydroxyl groups excluding tert-OH is 1. The van der Waals surface area contributed by atoms with Crippen LogP contribution >= 0.6 is 23.2 Å². The summed E-state index contributed by atoms with van der Waals surface area (Å²) in [6.45, 7) is 0.447. The lowest BCUT2D eigenvalue weighted by molar-refractivity contribution is -0.137. The predicted molar refractivity (Wildman–Crippen MR) is 334 cm³/mol. The number of hydrogen-bond acceptors (Lipinski definition) is 19. The summed E-state index contributed by atoms with van der Waals surface area (Å²) >= 11 is 13.9. The summed E-state index contributed by atoms with van der Waals surface area (Å²) in [6, 6.07) is 9.09. The fourth-order valence-corrected chi connectivity index (χ4v) is 13.8. The van der Waals surface area contributed by atoms with Crippen molar-refractivity contribution in [3.05, 3.63) is 164 Å². The maximum absolute atomic E-state index is 15.9. The van der Waals surface area contributed by atoms with Gasteiger partial charge in [0.05, 0.1) is 16.1 Å². The Bertz CT molecular complexity index is 4340. The number of aliphatic hydroxyl groups is 1. The van der Waals surface area contributed by atoms with E-state index in [0.717, 1.165) is 68.1 Å². The van der Waals surface area contributed by atoms with Crippen LogP contribution < -0.4 is 57.2 Å². The average molecular weight is 1320 g/mol.